The van der Waals surface area contributed by atoms with Crippen LogP contribution >= 0.6 is 0 Å². The highest BCUT2D eigenvalue weighted by Crippen LogP contribution is 1.96. The summed E-state index contributed by atoms with van der Waals surface area (Å²) in [4.78, 5) is 3.56. The number of hydrogen-bond donors (Lipinski definition) is 4. The Morgan fingerprint density at radius 2 is 2.10 bits per heavy atom. The van der Waals surface area contributed by atoms with E-state index in [2.05, 4.69) is 10.1 Å². The van der Waals surface area contributed by atoms with Crippen LogP contribution in [0, 0.1) is 0 Å². The highest BCUT2D eigenvalue weighted by atomic mass is 15.4. The molecule has 0 saturated carbocycles. The second-order valence-corrected chi connectivity index (χ2v) is 1.66. The predicted molar refractivity (Wildman–Crippen MR) is 35.4 cm³/mol. The largest absolute Gasteiger partial charge is 0.373 e. The maximum absolute atomic E-state index is 5.27. The number of rotatable bonds is 0. The standard InChI is InChI=1S/C3H7N7/c4-1(5)10-3(7)8-2(6)9-10/h(H3,4,5)(H4,6,7,8,9)/p+1. The van der Waals surface area contributed by atoms with E-state index in [0.29, 0.717) is 0 Å². The lowest BCUT2D eigenvalue weighted by molar-refractivity contribution is -0.120. The van der Waals surface area contributed by atoms with E-state index >= 15 is 0 Å². The number of hydrogen-bond acceptors (Lipinski definition) is 4. The van der Waals surface area contributed by atoms with Crippen LogP contribution in [0.2, 0.25) is 0 Å². The molecule has 7 heteroatoms. The van der Waals surface area contributed by atoms with Gasteiger partial charge >= 0.3 is 5.96 Å². The van der Waals surface area contributed by atoms with Gasteiger partial charge in [-0.25, -0.2) is 0 Å². The molecule has 1 heterocycles. The molecule has 0 aliphatic heterocycles. The third-order valence-electron chi connectivity index (χ3n) is 0.893. The Bertz CT molecular complexity index is 260. The Labute approximate surface area is 56.3 Å². The molecule has 0 saturated heterocycles. The molecule has 1 aromatic rings. The minimum Gasteiger partial charge on any atom is -0.365 e. The van der Waals surface area contributed by atoms with E-state index < -0.39 is 0 Å². The number of nitrogen functional groups attached to an aromatic ring is 2. The van der Waals surface area contributed by atoms with Crippen molar-refractivity contribution in [2.45, 2.75) is 0 Å². The van der Waals surface area contributed by atoms with Crippen LogP contribution in [0.25, 0.3) is 0 Å². The summed E-state index contributed by atoms with van der Waals surface area (Å²) in [5.74, 6) is 0.0742. The first-order valence-electron chi connectivity index (χ1n) is 2.47. The molecule has 10 heavy (non-hydrogen) atoms. The molecule has 8 N–H and O–H groups in total. The predicted octanol–water partition coefficient (Wildman–Crippen LogP) is -3.64. The summed E-state index contributed by atoms with van der Waals surface area (Å²) < 4.78 is 1.05. The maximum atomic E-state index is 5.27. The highest BCUT2D eigenvalue weighted by molar-refractivity contribution is 5.76. The number of nitrogens with two attached hydrogens (primary N) is 4. The molecule has 0 aromatic carbocycles. The van der Waals surface area contributed by atoms with Crippen molar-refractivity contribution in [3.8, 4) is 0 Å². The van der Waals surface area contributed by atoms with Crippen LogP contribution in [-0.2, 0) is 0 Å². The maximum Gasteiger partial charge on any atom is 0.373 e. The molecular weight excluding hydrogens is 134 g/mol. The summed E-state index contributed by atoms with van der Waals surface area (Å²) in [6.45, 7) is 0. The molecule has 7 nitrogen and oxygen atoms in total. The molecule has 1 rings (SSSR count). The molecule has 0 aliphatic rings. The molecule has 54 valence electrons. The van der Waals surface area contributed by atoms with Gasteiger partial charge in [0.1, 0.15) is 0 Å². The van der Waals surface area contributed by atoms with Crippen LogP contribution in [0.4, 0.5) is 11.9 Å². The van der Waals surface area contributed by atoms with Crippen LogP contribution in [0.3, 0.4) is 0 Å². The Morgan fingerprint density at radius 1 is 1.50 bits per heavy atom. The normalized spacial score (nSPS) is 9.60. The number of anilines is 2. The third kappa shape index (κ3) is 0.835. The van der Waals surface area contributed by atoms with Gasteiger partial charge in [-0.05, 0) is 0 Å². The van der Waals surface area contributed by atoms with Crippen molar-refractivity contribution in [1.82, 2.24) is 14.8 Å². The molecule has 0 bridgehead atoms. The van der Waals surface area contributed by atoms with Crippen molar-refractivity contribution in [1.29, 1.82) is 0 Å². The van der Waals surface area contributed by atoms with E-state index in [1.54, 1.807) is 0 Å². The Kier molecular flexibility index (Phi) is 1.18. The quantitative estimate of drug-likeness (QED) is 0.219. The Balaban J connectivity index is 3.15. The average molecular weight is 142 g/mol. The first-order chi connectivity index (χ1) is 4.61. The number of aromatic nitrogens is 3. The van der Waals surface area contributed by atoms with Crippen molar-refractivity contribution < 1.29 is 5.41 Å². The molecule has 1 aromatic heterocycles. The lowest BCUT2D eigenvalue weighted by Gasteiger charge is -1.85. The van der Waals surface area contributed by atoms with E-state index in [4.69, 9.17) is 22.6 Å². The summed E-state index contributed by atoms with van der Waals surface area (Å²) in [6, 6.07) is 0. The van der Waals surface area contributed by atoms with Crippen molar-refractivity contribution in [2.24, 2.45) is 5.73 Å². The van der Waals surface area contributed by atoms with Crippen molar-refractivity contribution in [3.05, 3.63) is 0 Å². The summed E-state index contributed by atoms with van der Waals surface area (Å²) in [5.41, 5.74) is 15.6. The fraction of sp³-hybridized carbons (Fsp3) is 0. The van der Waals surface area contributed by atoms with Crippen molar-refractivity contribution in [2.75, 3.05) is 11.5 Å². The Morgan fingerprint density at radius 3 is 2.30 bits per heavy atom. The summed E-state index contributed by atoms with van der Waals surface area (Å²) in [6.07, 6.45) is 0. The van der Waals surface area contributed by atoms with E-state index in [1.807, 2.05) is 0 Å². The Hall–Kier alpha value is -1.79. The molecular formula is C3H8N7+. The second kappa shape index (κ2) is 1.87. The van der Waals surface area contributed by atoms with Gasteiger partial charge in [0.15, 0.2) is 0 Å². The van der Waals surface area contributed by atoms with E-state index in [9.17, 15) is 0 Å². The van der Waals surface area contributed by atoms with Gasteiger partial charge in [-0.15, -0.1) is 0 Å². The van der Waals surface area contributed by atoms with E-state index in [0.717, 1.165) is 4.68 Å². The van der Waals surface area contributed by atoms with Crippen LogP contribution in [0.1, 0.15) is 0 Å². The number of nitrogens with zero attached hydrogens (tertiary/aromatic N) is 3. The monoisotopic (exact) mass is 142 g/mol. The zero-order valence-electron chi connectivity index (χ0n) is 5.15. The van der Waals surface area contributed by atoms with Gasteiger partial charge in [0.25, 0.3) is 11.9 Å². The second-order valence-electron chi connectivity index (χ2n) is 1.66. The van der Waals surface area contributed by atoms with Gasteiger partial charge in [0.2, 0.25) is 0 Å². The summed E-state index contributed by atoms with van der Waals surface area (Å²) >= 11 is 0. The van der Waals surface area contributed by atoms with Crippen LogP contribution < -0.4 is 22.6 Å². The molecule has 0 fully saturated rings. The van der Waals surface area contributed by atoms with Crippen LogP contribution in [-0.4, -0.2) is 20.7 Å². The zero-order valence-corrected chi connectivity index (χ0v) is 5.15. The average Bonchev–Trinajstić information content (AvgIpc) is 2.10. The van der Waals surface area contributed by atoms with E-state index in [1.165, 1.54) is 0 Å². The van der Waals surface area contributed by atoms with Gasteiger partial charge in [0, 0.05) is 0 Å². The third-order valence-corrected chi connectivity index (χ3v) is 0.893. The topological polar surface area (TPSA) is 134 Å². The smallest absolute Gasteiger partial charge is 0.365 e. The van der Waals surface area contributed by atoms with Crippen LogP contribution in [0.5, 0.6) is 0 Å². The minimum absolute atomic E-state index is 0.0471. The van der Waals surface area contributed by atoms with Crippen molar-refractivity contribution >= 4 is 17.9 Å². The SMILES string of the molecule is NC(=[NH2+])n1nc(N)nc1N. The summed E-state index contributed by atoms with van der Waals surface area (Å²) in [7, 11) is 0. The minimum atomic E-state index is -0.0540. The molecule has 0 radical (unpaired) electrons. The molecule has 0 atom stereocenters. The lowest BCUT2D eigenvalue weighted by Crippen LogP contribution is -2.51. The fourth-order valence-electron chi connectivity index (χ4n) is 0.531. The zero-order chi connectivity index (χ0) is 7.72. The van der Waals surface area contributed by atoms with Crippen molar-refractivity contribution in [3.63, 3.8) is 0 Å². The molecule has 0 unspecified atom stereocenters. The molecule has 0 spiro atoms. The highest BCUT2D eigenvalue weighted by Gasteiger charge is 2.11. The van der Waals surface area contributed by atoms with Gasteiger partial charge in [0.05, 0.1) is 0 Å². The summed E-state index contributed by atoms with van der Waals surface area (Å²) in [5, 5.41) is 8.73. The van der Waals surface area contributed by atoms with Gasteiger partial charge in [-0.2, -0.15) is 4.98 Å². The van der Waals surface area contributed by atoms with Gasteiger partial charge < -0.3 is 11.5 Å². The first kappa shape index (κ1) is 6.33. The van der Waals surface area contributed by atoms with Gasteiger partial charge in [-0.1, -0.05) is 9.78 Å². The van der Waals surface area contributed by atoms with E-state index in [-0.39, 0.29) is 17.9 Å². The molecule has 0 aliphatic carbocycles. The molecule has 0 amide bonds. The fourth-order valence-corrected chi connectivity index (χ4v) is 0.531. The van der Waals surface area contributed by atoms with Gasteiger partial charge in [-0.3, -0.25) is 11.1 Å². The first-order valence-corrected chi connectivity index (χ1v) is 2.47. The van der Waals surface area contributed by atoms with Crippen LogP contribution in [0.15, 0.2) is 0 Å². The lowest BCUT2D eigenvalue weighted by atomic mass is 10.9.